The fraction of sp³-hybridized carbons (Fsp3) is 0.208. The number of ketones is 2. The Morgan fingerprint density at radius 3 is 2.21 bits per heavy atom. The largest absolute Gasteiger partial charge is 0.508 e. The second-order valence-electron chi connectivity index (χ2n) is 8.36. The van der Waals surface area contributed by atoms with Crippen LogP contribution in [0.15, 0.2) is 45.6 Å². The van der Waals surface area contributed by atoms with E-state index in [1.807, 2.05) is 0 Å². The third-order valence-corrected chi connectivity index (χ3v) is 5.82. The number of carbonyl (C=O) groups is 2. The molecule has 0 bridgehead atoms. The molecule has 3 aromatic rings. The van der Waals surface area contributed by atoms with Gasteiger partial charge in [0.05, 0.1) is 28.7 Å². The summed E-state index contributed by atoms with van der Waals surface area (Å²) in [6.07, 6.45) is -1.27. The van der Waals surface area contributed by atoms with Crippen LogP contribution in [0.2, 0.25) is 0 Å². The number of carbonyl (C=O) groups excluding carboxylic acids is 2. The molecule has 0 spiro atoms. The molecule has 0 saturated heterocycles. The molecule has 0 saturated carbocycles. The first-order valence-corrected chi connectivity index (χ1v) is 10.1. The molecule has 10 heteroatoms. The third-order valence-electron chi connectivity index (χ3n) is 5.82. The van der Waals surface area contributed by atoms with Gasteiger partial charge in [-0.05, 0) is 30.2 Å². The Labute approximate surface area is 191 Å². The van der Waals surface area contributed by atoms with Gasteiger partial charge in [0.2, 0.25) is 0 Å². The molecule has 1 aliphatic rings. The number of fused-ring (bicyclic) bond motifs is 1. The highest BCUT2D eigenvalue weighted by Crippen LogP contribution is 2.48. The first-order valence-electron chi connectivity index (χ1n) is 10.1. The summed E-state index contributed by atoms with van der Waals surface area (Å²) in [7, 11) is 0. The number of phenols is 4. The molecule has 176 valence electrons. The maximum Gasteiger partial charge on any atom is 0.339 e. The maximum atomic E-state index is 13.8. The van der Waals surface area contributed by atoms with Crippen LogP contribution >= 0.6 is 0 Å². The van der Waals surface area contributed by atoms with E-state index in [-0.39, 0.29) is 33.8 Å². The Morgan fingerprint density at radius 1 is 0.941 bits per heavy atom. The number of aliphatic hydroxyl groups is 1. The van der Waals surface area contributed by atoms with Gasteiger partial charge in [-0.1, -0.05) is 0 Å². The fourth-order valence-corrected chi connectivity index (χ4v) is 4.59. The molecule has 2 atom stereocenters. The van der Waals surface area contributed by atoms with Crippen LogP contribution in [0.3, 0.4) is 0 Å². The molecule has 0 aliphatic heterocycles. The molecule has 6 N–H and O–H groups in total. The molecule has 0 fully saturated rings. The predicted octanol–water partition coefficient (Wildman–Crippen LogP) is 2.00. The van der Waals surface area contributed by atoms with E-state index < -0.39 is 64.6 Å². The van der Waals surface area contributed by atoms with E-state index in [1.54, 1.807) is 0 Å². The second-order valence-corrected chi connectivity index (χ2v) is 8.36. The van der Waals surface area contributed by atoms with Crippen molar-refractivity contribution < 1.29 is 44.6 Å². The van der Waals surface area contributed by atoms with Gasteiger partial charge in [-0.3, -0.25) is 9.59 Å². The van der Waals surface area contributed by atoms with E-state index in [4.69, 9.17) is 4.42 Å². The van der Waals surface area contributed by atoms with Gasteiger partial charge in [0.25, 0.3) is 0 Å². The molecular weight excluding hydrogens is 448 g/mol. The van der Waals surface area contributed by atoms with Crippen molar-refractivity contribution in [2.75, 3.05) is 0 Å². The van der Waals surface area contributed by atoms with E-state index in [0.717, 1.165) is 30.3 Å². The minimum absolute atomic E-state index is 0.163. The van der Waals surface area contributed by atoms with Crippen molar-refractivity contribution in [3.05, 3.63) is 74.8 Å². The Hall–Kier alpha value is -4.31. The average molecular weight is 468 g/mol. The minimum Gasteiger partial charge on any atom is -0.508 e. The maximum absolute atomic E-state index is 13.8. The molecule has 4 rings (SSSR count). The number of benzene rings is 2. The summed E-state index contributed by atoms with van der Waals surface area (Å²) in [5.41, 5.74) is -3.75. The lowest BCUT2D eigenvalue weighted by Gasteiger charge is -2.39. The van der Waals surface area contributed by atoms with E-state index in [2.05, 4.69) is 0 Å². The Kier molecular flexibility index (Phi) is 5.33. The number of Topliss-reactive ketones (excluding diaryl/α,β-unsaturated/α-hetero) is 2. The van der Waals surface area contributed by atoms with Crippen molar-refractivity contribution in [1.82, 2.24) is 0 Å². The van der Waals surface area contributed by atoms with Gasteiger partial charge in [0.1, 0.15) is 34.5 Å². The standard InChI is InChI=1S/C24H20O10/c1-10-2-11(25)5-16(28)20(10)23(32)22-15-4-13(27)6-17(29)21(15)18(30)9-24(22,33)8-14-3-12(26)7-19(31)34-14/h2-7,22,25-29,33H,8-9H2,1H3. The highest BCUT2D eigenvalue weighted by molar-refractivity contribution is 6.11. The first-order chi connectivity index (χ1) is 15.9. The van der Waals surface area contributed by atoms with Crippen LogP contribution in [0.1, 0.15) is 49.9 Å². The van der Waals surface area contributed by atoms with Gasteiger partial charge in [-0.15, -0.1) is 0 Å². The van der Waals surface area contributed by atoms with Crippen molar-refractivity contribution in [3.8, 4) is 28.7 Å². The van der Waals surface area contributed by atoms with Gasteiger partial charge < -0.3 is 35.1 Å². The highest BCUT2D eigenvalue weighted by Gasteiger charge is 2.51. The van der Waals surface area contributed by atoms with Gasteiger partial charge in [0.15, 0.2) is 11.6 Å². The molecule has 2 unspecified atom stereocenters. The number of aryl methyl sites for hydroxylation is 1. The summed E-state index contributed by atoms with van der Waals surface area (Å²) in [5, 5.41) is 61.9. The molecule has 0 radical (unpaired) electrons. The Morgan fingerprint density at radius 2 is 1.56 bits per heavy atom. The molecular formula is C24H20O10. The first kappa shape index (κ1) is 22.9. The molecule has 1 aliphatic carbocycles. The Balaban J connectivity index is 1.96. The molecule has 34 heavy (non-hydrogen) atoms. The molecule has 0 amide bonds. The molecule has 10 nitrogen and oxygen atoms in total. The van der Waals surface area contributed by atoms with Gasteiger partial charge in [-0.25, -0.2) is 4.79 Å². The predicted molar refractivity (Wildman–Crippen MR) is 116 cm³/mol. The van der Waals surface area contributed by atoms with Crippen LogP contribution in [0.25, 0.3) is 0 Å². The van der Waals surface area contributed by atoms with Crippen molar-refractivity contribution in [2.24, 2.45) is 0 Å². The van der Waals surface area contributed by atoms with Crippen molar-refractivity contribution >= 4 is 11.6 Å². The number of aromatic hydroxyl groups is 5. The van der Waals surface area contributed by atoms with Crippen LogP contribution in [-0.2, 0) is 6.42 Å². The zero-order chi connectivity index (χ0) is 24.9. The van der Waals surface area contributed by atoms with E-state index in [0.29, 0.717) is 0 Å². The summed E-state index contributed by atoms with van der Waals surface area (Å²) >= 11 is 0. The summed E-state index contributed by atoms with van der Waals surface area (Å²) < 4.78 is 5.01. The summed E-state index contributed by atoms with van der Waals surface area (Å²) in [4.78, 5) is 38.4. The quantitative estimate of drug-likeness (QED) is 0.309. The second kappa shape index (κ2) is 7.92. The van der Waals surface area contributed by atoms with Crippen molar-refractivity contribution in [2.45, 2.75) is 31.3 Å². The van der Waals surface area contributed by atoms with Crippen LogP contribution in [0.4, 0.5) is 0 Å². The lowest BCUT2D eigenvalue weighted by atomic mass is 9.66. The third kappa shape index (κ3) is 3.84. The summed E-state index contributed by atoms with van der Waals surface area (Å²) in [5.74, 6) is -5.90. The van der Waals surface area contributed by atoms with E-state index in [9.17, 15) is 45.0 Å². The van der Waals surface area contributed by atoms with Crippen LogP contribution < -0.4 is 5.63 Å². The molecule has 1 aromatic heterocycles. The van der Waals surface area contributed by atoms with Crippen LogP contribution in [0.5, 0.6) is 28.7 Å². The monoisotopic (exact) mass is 468 g/mol. The SMILES string of the molecule is Cc1cc(O)cc(O)c1C(=O)C1c2cc(O)cc(O)c2C(=O)CC1(O)Cc1cc(O)cc(=O)o1. The normalized spacial score (nSPS) is 19.6. The van der Waals surface area contributed by atoms with Gasteiger partial charge in [0, 0.05) is 31.0 Å². The zero-order valence-corrected chi connectivity index (χ0v) is 17.8. The fourth-order valence-electron chi connectivity index (χ4n) is 4.59. The lowest BCUT2D eigenvalue weighted by Crippen LogP contribution is -2.48. The van der Waals surface area contributed by atoms with Crippen LogP contribution in [0, 0.1) is 6.92 Å². The number of phenolic OH excluding ortho intramolecular Hbond substituents is 4. The Bertz CT molecular complexity index is 1380. The van der Waals surface area contributed by atoms with Crippen molar-refractivity contribution in [1.29, 1.82) is 0 Å². The topological polar surface area (TPSA) is 186 Å². The summed E-state index contributed by atoms with van der Waals surface area (Å²) in [6.45, 7) is 1.44. The highest BCUT2D eigenvalue weighted by atomic mass is 16.4. The molecule has 2 aromatic carbocycles. The smallest absolute Gasteiger partial charge is 0.339 e. The minimum atomic E-state index is -2.25. The average Bonchev–Trinajstić information content (AvgIpc) is 2.64. The van der Waals surface area contributed by atoms with Gasteiger partial charge in [-0.2, -0.15) is 0 Å². The van der Waals surface area contributed by atoms with Crippen LogP contribution in [-0.4, -0.2) is 47.8 Å². The van der Waals surface area contributed by atoms with Gasteiger partial charge >= 0.3 is 5.63 Å². The van der Waals surface area contributed by atoms with E-state index >= 15 is 0 Å². The van der Waals surface area contributed by atoms with Crippen molar-refractivity contribution in [3.63, 3.8) is 0 Å². The number of hydrogen-bond acceptors (Lipinski definition) is 10. The lowest BCUT2D eigenvalue weighted by molar-refractivity contribution is 0.00190. The number of hydrogen-bond donors (Lipinski definition) is 6. The summed E-state index contributed by atoms with van der Waals surface area (Å²) in [6, 6.07) is 5.96. The number of rotatable bonds is 4. The van der Waals surface area contributed by atoms with E-state index in [1.165, 1.54) is 13.0 Å². The molecule has 1 heterocycles. The zero-order valence-electron chi connectivity index (χ0n) is 17.8.